The normalized spacial score (nSPS) is 46.0. The number of epoxide rings is 2. The van der Waals surface area contributed by atoms with E-state index >= 15 is 0 Å². The number of carbonyl (C=O) groups excluding carboxylic acids is 2. The second kappa shape index (κ2) is 6.02. The molecule has 1 N–H and O–H groups in total. The molecular formula is C20H24O7. The maximum Gasteiger partial charge on any atom is 0.334 e. The number of allylic oxidation sites excluding steroid dienone is 1. The quantitative estimate of drug-likeness (QED) is 0.335. The van der Waals surface area contributed by atoms with Crippen LogP contribution >= 0.6 is 0 Å². The van der Waals surface area contributed by atoms with Gasteiger partial charge in [-0.25, -0.2) is 9.59 Å². The number of ether oxygens (including phenoxy) is 4. The molecule has 3 heterocycles. The molecule has 0 aromatic heterocycles. The van der Waals surface area contributed by atoms with Crippen LogP contribution in [0.5, 0.6) is 0 Å². The summed E-state index contributed by atoms with van der Waals surface area (Å²) in [4.78, 5) is 24.6. The van der Waals surface area contributed by atoms with E-state index in [1.54, 1.807) is 19.9 Å². The van der Waals surface area contributed by atoms with E-state index in [1.807, 2.05) is 6.92 Å². The first-order chi connectivity index (χ1) is 12.7. The van der Waals surface area contributed by atoms with E-state index in [2.05, 4.69) is 13.2 Å². The number of fused-ring (bicyclic) bond motifs is 4. The second-order valence-corrected chi connectivity index (χ2v) is 7.93. The molecule has 0 bridgehead atoms. The fourth-order valence-corrected chi connectivity index (χ4v) is 4.16. The average molecular weight is 376 g/mol. The molecule has 7 heteroatoms. The first kappa shape index (κ1) is 18.4. The van der Waals surface area contributed by atoms with E-state index < -0.39 is 41.8 Å². The SMILES string of the molecule is C=C1C(=O)O[C@H]2[C@H]1[C@H](OC(=O)/C(C)=C\C)CC1(C)O[C@H]1[C@H]1O[C@H]1C(=C)[C@@H]2O. The minimum atomic E-state index is -1.14. The smallest absolute Gasteiger partial charge is 0.334 e. The van der Waals surface area contributed by atoms with Crippen molar-refractivity contribution in [3.63, 3.8) is 0 Å². The molecule has 4 aliphatic rings. The van der Waals surface area contributed by atoms with Gasteiger partial charge in [-0.15, -0.1) is 0 Å². The number of hydrogen-bond acceptors (Lipinski definition) is 7. The second-order valence-electron chi connectivity index (χ2n) is 7.93. The summed E-state index contributed by atoms with van der Waals surface area (Å²) in [7, 11) is 0. The van der Waals surface area contributed by atoms with E-state index in [1.165, 1.54) is 0 Å². The Morgan fingerprint density at radius 2 is 2.07 bits per heavy atom. The first-order valence-electron chi connectivity index (χ1n) is 9.11. The molecule has 4 fully saturated rings. The number of aliphatic hydroxyl groups excluding tert-OH is 1. The van der Waals surface area contributed by atoms with Crippen LogP contribution in [0.2, 0.25) is 0 Å². The number of esters is 2. The van der Waals surface area contributed by atoms with Crippen LogP contribution in [0.3, 0.4) is 0 Å². The molecule has 0 aromatic rings. The van der Waals surface area contributed by atoms with Crippen molar-refractivity contribution in [1.82, 2.24) is 0 Å². The van der Waals surface area contributed by atoms with Gasteiger partial charge in [0.25, 0.3) is 0 Å². The van der Waals surface area contributed by atoms with Gasteiger partial charge in [0.05, 0.1) is 11.5 Å². The zero-order valence-corrected chi connectivity index (χ0v) is 15.6. The van der Waals surface area contributed by atoms with Gasteiger partial charge in [-0.1, -0.05) is 19.2 Å². The van der Waals surface area contributed by atoms with Gasteiger partial charge in [0.1, 0.15) is 36.6 Å². The third-order valence-electron chi connectivity index (χ3n) is 6.10. The van der Waals surface area contributed by atoms with E-state index in [9.17, 15) is 14.7 Å². The molecule has 0 spiro atoms. The van der Waals surface area contributed by atoms with Crippen molar-refractivity contribution in [2.45, 2.75) is 69.4 Å². The Hall–Kier alpha value is -1.96. The molecule has 0 amide bonds. The Kier molecular flexibility index (Phi) is 4.10. The van der Waals surface area contributed by atoms with Gasteiger partial charge in [0.15, 0.2) is 0 Å². The van der Waals surface area contributed by atoms with Gasteiger partial charge in [0.2, 0.25) is 0 Å². The van der Waals surface area contributed by atoms with Gasteiger partial charge in [-0.05, 0) is 26.3 Å². The maximum absolute atomic E-state index is 12.4. The third-order valence-corrected chi connectivity index (χ3v) is 6.10. The average Bonchev–Trinajstić information content (AvgIpc) is 3.51. The fourth-order valence-electron chi connectivity index (χ4n) is 4.16. The van der Waals surface area contributed by atoms with Gasteiger partial charge in [-0.3, -0.25) is 0 Å². The molecule has 0 radical (unpaired) electrons. The van der Waals surface area contributed by atoms with Crippen molar-refractivity contribution < 1.29 is 33.6 Å². The lowest BCUT2D eigenvalue weighted by molar-refractivity contribution is -0.151. The molecule has 3 aliphatic heterocycles. The summed E-state index contributed by atoms with van der Waals surface area (Å²) in [6.45, 7) is 13.1. The van der Waals surface area contributed by atoms with E-state index in [0.717, 1.165) is 0 Å². The lowest BCUT2D eigenvalue weighted by Gasteiger charge is -2.31. The van der Waals surface area contributed by atoms with Gasteiger partial charge >= 0.3 is 11.9 Å². The topological polar surface area (TPSA) is 97.9 Å². The lowest BCUT2D eigenvalue weighted by atomic mass is 9.79. The van der Waals surface area contributed by atoms with Crippen molar-refractivity contribution in [2.24, 2.45) is 5.92 Å². The summed E-state index contributed by atoms with van der Waals surface area (Å²) < 4.78 is 22.7. The molecule has 8 atom stereocenters. The van der Waals surface area contributed by atoms with E-state index in [-0.39, 0.29) is 23.9 Å². The van der Waals surface area contributed by atoms with Crippen molar-refractivity contribution in [3.8, 4) is 0 Å². The minimum Gasteiger partial charge on any atom is -0.458 e. The Balaban J connectivity index is 1.70. The molecule has 1 saturated carbocycles. The summed E-state index contributed by atoms with van der Waals surface area (Å²) in [5.41, 5.74) is 0.519. The summed E-state index contributed by atoms with van der Waals surface area (Å²) in [5.74, 6) is -1.78. The van der Waals surface area contributed by atoms with Crippen LogP contribution in [0.15, 0.2) is 36.0 Å². The predicted molar refractivity (Wildman–Crippen MR) is 93.5 cm³/mol. The largest absolute Gasteiger partial charge is 0.458 e. The van der Waals surface area contributed by atoms with Crippen LogP contribution in [0, 0.1) is 5.92 Å². The van der Waals surface area contributed by atoms with Gasteiger partial charge in [-0.2, -0.15) is 0 Å². The zero-order chi connectivity index (χ0) is 19.7. The van der Waals surface area contributed by atoms with Crippen LogP contribution in [0.1, 0.15) is 27.2 Å². The molecule has 0 aromatic carbocycles. The van der Waals surface area contributed by atoms with Crippen LogP contribution < -0.4 is 0 Å². The maximum atomic E-state index is 12.4. The van der Waals surface area contributed by atoms with E-state index in [0.29, 0.717) is 17.6 Å². The summed E-state index contributed by atoms with van der Waals surface area (Å²) >= 11 is 0. The number of hydrogen-bond donors (Lipinski definition) is 1. The highest BCUT2D eigenvalue weighted by atomic mass is 16.7. The van der Waals surface area contributed by atoms with Gasteiger partial charge in [0, 0.05) is 17.6 Å². The Bertz CT molecular complexity index is 768. The van der Waals surface area contributed by atoms with Crippen molar-refractivity contribution in [3.05, 3.63) is 36.0 Å². The summed E-state index contributed by atoms with van der Waals surface area (Å²) in [6, 6.07) is 0. The Labute approximate surface area is 157 Å². The standard InChI is InChI=1S/C20H24O7/c1-6-8(2)18(22)24-11-7-20(5)17(27-20)16-14(25-16)10(4)13(21)15-12(11)9(3)19(23)26-15/h6,11-17,21H,3-4,7H2,1-2,5H3/b8-6-/t11-,12-,13+,14+,15+,16+,17+,20?/m1/s1. The summed E-state index contributed by atoms with van der Waals surface area (Å²) in [5, 5.41) is 10.8. The summed E-state index contributed by atoms with van der Waals surface area (Å²) in [6.07, 6.45) is -1.48. The highest BCUT2D eigenvalue weighted by Crippen LogP contribution is 2.54. The van der Waals surface area contributed by atoms with Crippen molar-refractivity contribution >= 4 is 11.9 Å². The number of rotatable bonds is 2. The Morgan fingerprint density at radius 1 is 1.37 bits per heavy atom. The molecule has 146 valence electrons. The number of aliphatic hydroxyl groups is 1. The van der Waals surface area contributed by atoms with Crippen LogP contribution in [-0.4, -0.2) is 59.3 Å². The lowest BCUT2D eigenvalue weighted by Crippen LogP contribution is -2.44. The van der Waals surface area contributed by atoms with Crippen LogP contribution in [0.4, 0.5) is 0 Å². The molecule has 7 nitrogen and oxygen atoms in total. The molecule has 27 heavy (non-hydrogen) atoms. The third kappa shape index (κ3) is 2.85. The van der Waals surface area contributed by atoms with Crippen molar-refractivity contribution in [1.29, 1.82) is 0 Å². The van der Waals surface area contributed by atoms with Crippen molar-refractivity contribution in [2.75, 3.05) is 0 Å². The minimum absolute atomic E-state index is 0.168. The van der Waals surface area contributed by atoms with Crippen LogP contribution in [0.25, 0.3) is 0 Å². The predicted octanol–water partition coefficient (Wildman–Crippen LogP) is 1.21. The molecule has 1 aliphatic carbocycles. The first-order valence-corrected chi connectivity index (χ1v) is 9.11. The van der Waals surface area contributed by atoms with Crippen LogP contribution in [-0.2, 0) is 28.5 Å². The molecule has 3 saturated heterocycles. The fraction of sp³-hybridized carbons (Fsp3) is 0.600. The van der Waals surface area contributed by atoms with Gasteiger partial charge < -0.3 is 24.1 Å². The molecular weight excluding hydrogens is 352 g/mol. The Morgan fingerprint density at radius 3 is 2.74 bits per heavy atom. The van der Waals surface area contributed by atoms with E-state index in [4.69, 9.17) is 18.9 Å². The zero-order valence-electron chi connectivity index (χ0n) is 15.6. The number of carbonyl (C=O) groups is 2. The highest BCUT2D eigenvalue weighted by Gasteiger charge is 2.68. The highest BCUT2D eigenvalue weighted by molar-refractivity contribution is 5.91. The molecule has 4 rings (SSSR count). The molecule has 1 unspecified atom stereocenters. The monoisotopic (exact) mass is 376 g/mol.